The molecule has 0 radical (unpaired) electrons. The Bertz CT molecular complexity index is 2850. The Kier molecular flexibility index (Phi) is 18.9. The van der Waals surface area contributed by atoms with Crippen LogP contribution in [-0.2, 0) is 54.7 Å². The first-order chi connectivity index (χ1) is 36.9. The van der Waals surface area contributed by atoms with Gasteiger partial charge in [0.15, 0.2) is 0 Å². The number of benzene rings is 4. The van der Waals surface area contributed by atoms with Crippen molar-refractivity contribution in [1.29, 1.82) is 0 Å². The molecule has 7 amide bonds. The van der Waals surface area contributed by atoms with Gasteiger partial charge >= 0.3 is 0 Å². The van der Waals surface area contributed by atoms with E-state index in [0.717, 1.165) is 36.0 Å². The Morgan fingerprint density at radius 2 is 1.22 bits per heavy atom. The largest absolute Gasteiger partial charge is 0.347 e. The van der Waals surface area contributed by atoms with Gasteiger partial charge in [0.2, 0.25) is 35.4 Å². The zero-order valence-electron chi connectivity index (χ0n) is 47.2. The first-order valence-corrected chi connectivity index (χ1v) is 27.7. The molecule has 0 aromatic heterocycles. The molecule has 2 aliphatic heterocycles. The topological polar surface area (TPSA) is 201 Å². The zero-order valence-corrected chi connectivity index (χ0v) is 47.9. The van der Waals surface area contributed by atoms with Crippen molar-refractivity contribution in [2.24, 2.45) is 10.8 Å². The van der Waals surface area contributed by atoms with Crippen LogP contribution in [0.2, 0.25) is 5.02 Å². The van der Waals surface area contributed by atoms with Crippen LogP contribution < -0.4 is 31.9 Å². The number of aryl methyl sites for hydroxylation is 1. The van der Waals surface area contributed by atoms with Crippen molar-refractivity contribution in [1.82, 2.24) is 46.6 Å². The summed E-state index contributed by atoms with van der Waals surface area (Å²) < 4.78 is 0. The maximum Gasteiger partial charge on any atom is 0.251 e. The zero-order chi connectivity index (χ0) is 56.8. The lowest BCUT2D eigenvalue weighted by Gasteiger charge is -2.43. The minimum Gasteiger partial charge on any atom is -0.347 e. The van der Waals surface area contributed by atoms with Gasteiger partial charge in [0.25, 0.3) is 5.91 Å². The second-order valence-corrected chi connectivity index (χ2v) is 23.9. The number of nitrogens with zero attached hydrogens (tertiary/aromatic N) is 3. The van der Waals surface area contributed by atoms with E-state index < -0.39 is 71.0 Å². The second kappa shape index (κ2) is 25.0. The van der Waals surface area contributed by atoms with E-state index in [0.29, 0.717) is 21.7 Å². The van der Waals surface area contributed by atoms with Gasteiger partial charge in [0.1, 0.15) is 24.2 Å². The second-order valence-electron chi connectivity index (χ2n) is 23.5. The van der Waals surface area contributed by atoms with E-state index in [-0.39, 0.29) is 68.1 Å². The number of carbonyl (C=O) groups is 7. The lowest BCUT2D eigenvalue weighted by molar-refractivity contribution is -0.152. The molecule has 1 fully saturated rings. The maximum absolute atomic E-state index is 15.5. The molecule has 4 aromatic rings. The van der Waals surface area contributed by atoms with Gasteiger partial charge in [-0.3, -0.25) is 33.6 Å². The standard InChI is InChI=1S/C61H80ClN9O7/c1-36(63-10)53(72)67-51(60(4,5)6)58(77)70-34-43-21-13-12-20-42(43)31-50(70)57(76)69(38(3)45-23-16-17-25-47(45)62)33-39-27-29-41(30-28-39)55(74)65-44-32-49(56(75)66-48-26-18-22-40-19-14-15-24-46(40)48)71(35-44)59(78)52(61(7,8)9)68-54(73)37(2)64-11/h12-17,19-21,23-25,27-30,36-38,44,48-52,63-64H,18,22,26,31-35H2,1-11H3,(H,65,74)(H,66,75)(H,67,72)(H,68,73)/t36-,37-,38+,44-,48+,49-,50-,51+,52+/m0/s1. The summed E-state index contributed by atoms with van der Waals surface area (Å²) in [5.74, 6) is -2.54. The quantitative estimate of drug-likeness (QED) is 0.0678. The van der Waals surface area contributed by atoms with E-state index in [4.69, 9.17) is 11.6 Å². The molecule has 17 heteroatoms. The molecule has 0 saturated carbocycles. The van der Waals surface area contributed by atoms with E-state index in [2.05, 4.69) is 38.0 Å². The Hall–Kier alpha value is -6.62. The molecule has 1 aliphatic carbocycles. The summed E-state index contributed by atoms with van der Waals surface area (Å²) in [5.41, 5.74) is 4.38. The van der Waals surface area contributed by atoms with E-state index >= 15 is 4.79 Å². The van der Waals surface area contributed by atoms with Gasteiger partial charge in [0, 0.05) is 42.7 Å². The molecule has 2 heterocycles. The number of halogens is 1. The third kappa shape index (κ3) is 13.6. The molecule has 9 atom stereocenters. The van der Waals surface area contributed by atoms with Crippen LogP contribution in [0.4, 0.5) is 0 Å². The Balaban J connectivity index is 1.15. The lowest BCUT2D eigenvalue weighted by atomic mass is 9.84. The van der Waals surface area contributed by atoms with Gasteiger partial charge in [-0.15, -0.1) is 0 Å². The van der Waals surface area contributed by atoms with Crippen LogP contribution in [0.25, 0.3) is 0 Å². The molecule has 16 nitrogen and oxygen atoms in total. The van der Waals surface area contributed by atoms with Crippen molar-refractivity contribution in [3.8, 4) is 0 Å². The average molecular weight is 1090 g/mol. The third-order valence-electron chi connectivity index (χ3n) is 15.9. The van der Waals surface area contributed by atoms with Crippen molar-refractivity contribution in [3.63, 3.8) is 0 Å². The first kappa shape index (κ1) is 59.0. The van der Waals surface area contributed by atoms with Crippen LogP contribution in [0.1, 0.15) is 137 Å². The fourth-order valence-electron chi connectivity index (χ4n) is 10.8. The number of fused-ring (bicyclic) bond motifs is 2. The molecule has 1 saturated heterocycles. The number of hydrogen-bond donors (Lipinski definition) is 6. The molecular weight excluding hydrogens is 1010 g/mol. The minimum atomic E-state index is -0.974. The molecule has 3 aliphatic rings. The monoisotopic (exact) mass is 1090 g/mol. The molecular formula is C61H80ClN9O7. The molecule has 4 aromatic carbocycles. The highest BCUT2D eigenvalue weighted by atomic mass is 35.5. The smallest absolute Gasteiger partial charge is 0.251 e. The Morgan fingerprint density at radius 1 is 0.667 bits per heavy atom. The van der Waals surface area contributed by atoms with Crippen LogP contribution in [0.5, 0.6) is 0 Å². The highest BCUT2D eigenvalue weighted by Crippen LogP contribution is 2.35. The summed E-state index contributed by atoms with van der Waals surface area (Å²) in [5, 5.41) is 18.6. The number of carbonyl (C=O) groups excluding carboxylic acids is 7. The predicted octanol–water partition coefficient (Wildman–Crippen LogP) is 6.55. The van der Waals surface area contributed by atoms with Gasteiger partial charge in [0.05, 0.1) is 24.2 Å². The third-order valence-corrected chi connectivity index (χ3v) is 16.2. The van der Waals surface area contributed by atoms with Crippen molar-refractivity contribution in [2.75, 3.05) is 20.6 Å². The predicted molar refractivity (Wildman–Crippen MR) is 303 cm³/mol. The molecule has 0 unspecified atom stereocenters. The van der Waals surface area contributed by atoms with Crippen LogP contribution in [-0.4, -0.2) is 119 Å². The Morgan fingerprint density at radius 3 is 1.81 bits per heavy atom. The molecule has 6 N–H and O–H groups in total. The van der Waals surface area contributed by atoms with E-state index in [1.165, 1.54) is 10.5 Å². The van der Waals surface area contributed by atoms with Crippen LogP contribution >= 0.6 is 11.6 Å². The number of likely N-dealkylation sites (N-methyl/N-ethyl adjacent to an activating group) is 2. The fraction of sp³-hybridized carbons (Fsp3) is 0.492. The minimum absolute atomic E-state index is 0.0339. The molecule has 0 spiro atoms. The number of rotatable bonds is 17. The van der Waals surface area contributed by atoms with Crippen molar-refractivity contribution < 1.29 is 33.6 Å². The highest BCUT2D eigenvalue weighted by Gasteiger charge is 2.47. The maximum atomic E-state index is 15.5. The van der Waals surface area contributed by atoms with Crippen molar-refractivity contribution >= 4 is 53.0 Å². The summed E-state index contributed by atoms with van der Waals surface area (Å²) in [6, 6.07) is 23.7. The van der Waals surface area contributed by atoms with Crippen LogP contribution in [0, 0.1) is 10.8 Å². The van der Waals surface area contributed by atoms with Gasteiger partial charge in [-0.25, -0.2) is 0 Å². The van der Waals surface area contributed by atoms with Crippen molar-refractivity contribution in [2.45, 2.75) is 162 Å². The Labute approximate surface area is 465 Å². The number of likely N-dealkylation sites (tertiary alicyclic amines) is 1. The normalized spacial score (nSPS) is 20.2. The average Bonchev–Trinajstić information content (AvgIpc) is 3.98. The fourth-order valence-corrected chi connectivity index (χ4v) is 11.1. The summed E-state index contributed by atoms with van der Waals surface area (Å²) >= 11 is 6.84. The number of nitrogens with one attached hydrogen (secondary N) is 6. The van der Waals surface area contributed by atoms with Gasteiger partial charge < -0.3 is 46.6 Å². The van der Waals surface area contributed by atoms with Gasteiger partial charge in [-0.05, 0) is 123 Å². The molecule has 78 heavy (non-hydrogen) atoms. The van der Waals surface area contributed by atoms with Gasteiger partial charge in [-0.1, -0.05) is 132 Å². The van der Waals surface area contributed by atoms with E-state index in [1.807, 2.05) is 109 Å². The van der Waals surface area contributed by atoms with Crippen molar-refractivity contribution in [3.05, 3.63) is 141 Å². The molecule has 418 valence electrons. The van der Waals surface area contributed by atoms with E-state index in [9.17, 15) is 28.8 Å². The van der Waals surface area contributed by atoms with E-state index in [1.54, 1.807) is 68.1 Å². The summed E-state index contributed by atoms with van der Waals surface area (Å²) in [4.78, 5) is 105. The van der Waals surface area contributed by atoms with Crippen LogP contribution in [0.15, 0.2) is 97.1 Å². The highest BCUT2D eigenvalue weighted by molar-refractivity contribution is 6.31. The lowest BCUT2D eigenvalue weighted by Crippen LogP contribution is -2.62. The molecule has 0 bridgehead atoms. The number of hydrogen-bond acceptors (Lipinski definition) is 9. The SMILES string of the molecule is CN[C@@H](C)C(=O)N[C@H](C(=O)N1C[C@@H](NC(=O)c2ccc(CN(C(=O)[C@@H]3Cc4ccccc4CN3C(=O)[C@@H](NC(=O)[C@H](C)NC)C(C)(C)C)[C@H](C)c3ccccc3Cl)cc2)C[C@H]1C(=O)N[C@@H]1CCCc2ccccc21)C(C)(C)C. The summed E-state index contributed by atoms with van der Waals surface area (Å²) in [6.45, 7) is 16.9. The molecule has 7 rings (SSSR count). The van der Waals surface area contributed by atoms with Crippen LogP contribution in [0.3, 0.4) is 0 Å². The first-order valence-electron chi connectivity index (χ1n) is 27.4. The number of amides is 7. The summed E-state index contributed by atoms with van der Waals surface area (Å²) in [7, 11) is 3.34. The van der Waals surface area contributed by atoms with Gasteiger partial charge in [-0.2, -0.15) is 0 Å². The summed E-state index contributed by atoms with van der Waals surface area (Å²) in [6.07, 6.45) is 2.95.